The number of thiophene rings is 1. The Morgan fingerprint density at radius 3 is 2.06 bits per heavy atom. The average Bonchev–Trinajstić information content (AvgIpc) is 3.27. The second-order valence-electron chi connectivity index (χ2n) is 7.91. The van der Waals surface area contributed by atoms with Gasteiger partial charge in [-0.05, 0) is 42.5 Å². The fourth-order valence-corrected chi connectivity index (χ4v) is 5.27. The zero-order chi connectivity index (χ0) is 23.1. The van der Waals surface area contributed by atoms with Crippen molar-refractivity contribution < 1.29 is 4.39 Å². The maximum atomic E-state index is 13.6. The second kappa shape index (κ2) is 8.18. The Hall–Kier alpha value is -4.40. The van der Waals surface area contributed by atoms with Gasteiger partial charge in [-0.25, -0.2) is 14.4 Å². The quantitative estimate of drug-likeness (QED) is 0.272. The molecule has 0 saturated heterocycles. The number of aromatic nitrogens is 2. The average molecular weight is 458 g/mol. The van der Waals surface area contributed by atoms with E-state index in [1.807, 2.05) is 48.5 Å². The minimum atomic E-state index is -0.323. The first-order valence-corrected chi connectivity index (χ1v) is 11.6. The van der Waals surface area contributed by atoms with E-state index in [0.29, 0.717) is 28.3 Å². The van der Waals surface area contributed by atoms with E-state index < -0.39 is 0 Å². The fourth-order valence-electron chi connectivity index (χ4n) is 4.18. The Kier molecular flexibility index (Phi) is 4.87. The molecule has 0 radical (unpaired) electrons. The van der Waals surface area contributed by atoms with Gasteiger partial charge in [0, 0.05) is 36.9 Å². The van der Waals surface area contributed by atoms with E-state index in [1.54, 1.807) is 23.5 Å². The van der Waals surface area contributed by atoms with E-state index in [0.717, 1.165) is 16.5 Å². The summed E-state index contributed by atoms with van der Waals surface area (Å²) in [6.45, 7) is 0. The van der Waals surface area contributed by atoms with Crippen LogP contribution in [0.25, 0.3) is 54.1 Å². The van der Waals surface area contributed by atoms with E-state index >= 15 is 0 Å². The summed E-state index contributed by atoms with van der Waals surface area (Å²) in [5.41, 5.74) is 3.89. The first kappa shape index (κ1) is 20.2. The third-order valence-corrected chi connectivity index (χ3v) is 6.97. The molecule has 0 N–H and O–H groups in total. The molecule has 0 atom stereocenters. The summed E-state index contributed by atoms with van der Waals surface area (Å²) < 4.78 is 16.0. The highest BCUT2D eigenvalue weighted by Gasteiger charge is 2.19. The smallest absolute Gasteiger partial charge is 0.160 e. The topological polar surface area (TPSA) is 49.6 Å². The third-order valence-electron chi connectivity index (χ3n) is 5.82. The molecule has 2 heterocycles. The van der Waals surface area contributed by atoms with E-state index in [4.69, 9.17) is 9.97 Å². The lowest BCUT2D eigenvalue weighted by Crippen LogP contribution is -2.01. The maximum absolute atomic E-state index is 13.6. The molecule has 0 aliphatic heterocycles. The molecule has 34 heavy (non-hydrogen) atoms. The number of fused-ring (bicyclic) bond motifs is 3. The van der Waals surface area contributed by atoms with Crippen LogP contribution in [0.5, 0.6) is 0 Å². The Morgan fingerprint density at radius 2 is 1.29 bits per heavy atom. The van der Waals surface area contributed by atoms with Crippen LogP contribution in [0.2, 0.25) is 0 Å². The van der Waals surface area contributed by atoms with Crippen molar-refractivity contribution in [2.24, 2.45) is 0 Å². The van der Waals surface area contributed by atoms with Gasteiger partial charge in [0.2, 0.25) is 0 Å². The van der Waals surface area contributed by atoms with Crippen LogP contribution in [0.1, 0.15) is 5.56 Å². The standard InChI is InChI=1S/C29H16FN3S/c30-21-13-10-19(11-14-21)29-32-27(18-6-2-1-3-7-18)24(17-31)28(33-29)20-12-15-26-23(16-20)22-8-4-5-9-25(22)34-26/h1-16H. The van der Waals surface area contributed by atoms with Crippen LogP contribution in [0, 0.1) is 17.1 Å². The monoisotopic (exact) mass is 457 g/mol. The lowest BCUT2D eigenvalue weighted by atomic mass is 9.99. The zero-order valence-electron chi connectivity index (χ0n) is 17.9. The molecule has 0 bridgehead atoms. The van der Waals surface area contributed by atoms with Gasteiger partial charge in [-0.1, -0.05) is 54.6 Å². The Labute approximate surface area is 199 Å². The highest BCUT2D eigenvalue weighted by Crippen LogP contribution is 2.38. The summed E-state index contributed by atoms with van der Waals surface area (Å²) in [5, 5.41) is 12.5. The molecule has 0 fully saturated rings. The van der Waals surface area contributed by atoms with Gasteiger partial charge in [-0.3, -0.25) is 0 Å². The van der Waals surface area contributed by atoms with E-state index in [9.17, 15) is 9.65 Å². The summed E-state index contributed by atoms with van der Waals surface area (Å²) in [6, 6.07) is 32.5. The molecule has 6 aromatic rings. The van der Waals surface area contributed by atoms with Gasteiger partial charge in [-0.15, -0.1) is 11.3 Å². The highest BCUT2D eigenvalue weighted by molar-refractivity contribution is 7.25. The number of hydrogen-bond donors (Lipinski definition) is 0. The van der Waals surface area contributed by atoms with Crippen molar-refractivity contribution in [1.29, 1.82) is 5.26 Å². The van der Waals surface area contributed by atoms with Crippen molar-refractivity contribution in [3.8, 4) is 40.0 Å². The number of hydrogen-bond acceptors (Lipinski definition) is 4. The minimum absolute atomic E-state index is 0.323. The van der Waals surface area contributed by atoms with Crippen molar-refractivity contribution in [3.63, 3.8) is 0 Å². The summed E-state index contributed by atoms with van der Waals surface area (Å²) in [6.07, 6.45) is 0. The van der Waals surface area contributed by atoms with E-state index in [1.165, 1.54) is 26.9 Å². The van der Waals surface area contributed by atoms with Gasteiger partial charge in [0.1, 0.15) is 17.4 Å². The van der Waals surface area contributed by atoms with Crippen molar-refractivity contribution in [2.45, 2.75) is 0 Å². The van der Waals surface area contributed by atoms with Crippen LogP contribution in [0.3, 0.4) is 0 Å². The van der Waals surface area contributed by atoms with Crippen molar-refractivity contribution in [2.75, 3.05) is 0 Å². The van der Waals surface area contributed by atoms with Crippen LogP contribution in [0.15, 0.2) is 97.1 Å². The molecule has 0 unspecified atom stereocenters. The third kappa shape index (κ3) is 3.42. The van der Waals surface area contributed by atoms with Gasteiger partial charge in [0.25, 0.3) is 0 Å². The van der Waals surface area contributed by atoms with Crippen LogP contribution in [-0.2, 0) is 0 Å². The molecule has 160 valence electrons. The Bertz CT molecular complexity index is 1720. The lowest BCUT2D eigenvalue weighted by molar-refractivity contribution is 0.628. The Morgan fingerprint density at radius 1 is 0.647 bits per heavy atom. The summed E-state index contributed by atoms with van der Waals surface area (Å²) >= 11 is 1.74. The van der Waals surface area contributed by atoms with E-state index in [-0.39, 0.29) is 5.82 Å². The highest BCUT2D eigenvalue weighted by atomic mass is 32.1. The molecule has 4 aromatic carbocycles. The Balaban J connectivity index is 1.64. The van der Waals surface area contributed by atoms with Crippen LogP contribution in [0.4, 0.5) is 4.39 Å². The molecule has 3 nitrogen and oxygen atoms in total. The summed E-state index contributed by atoms with van der Waals surface area (Å²) in [4.78, 5) is 9.57. The van der Waals surface area contributed by atoms with Crippen molar-refractivity contribution in [1.82, 2.24) is 9.97 Å². The van der Waals surface area contributed by atoms with Crippen LogP contribution >= 0.6 is 11.3 Å². The molecule has 6 rings (SSSR count). The molecule has 0 aliphatic rings. The number of rotatable bonds is 3. The molecular weight excluding hydrogens is 441 g/mol. The molecule has 5 heteroatoms. The molecule has 0 amide bonds. The number of nitrogens with zero attached hydrogens (tertiary/aromatic N) is 3. The van der Waals surface area contributed by atoms with Gasteiger partial charge in [0.05, 0.1) is 11.4 Å². The number of nitriles is 1. The summed E-state index contributed by atoms with van der Waals surface area (Å²) in [5.74, 6) is 0.124. The van der Waals surface area contributed by atoms with Crippen molar-refractivity contribution >= 4 is 31.5 Å². The predicted octanol–water partition coefficient (Wildman–Crippen LogP) is 7.86. The molecular formula is C29H16FN3S. The SMILES string of the molecule is N#Cc1c(-c2ccccc2)nc(-c2ccc(F)cc2)nc1-c1ccc2sc3ccccc3c2c1. The molecule has 0 aliphatic carbocycles. The first-order chi connectivity index (χ1) is 16.7. The largest absolute Gasteiger partial charge is 0.227 e. The van der Waals surface area contributed by atoms with Gasteiger partial charge in [0.15, 0.2) is 5.82 Å². The first-order valence-electron chi connectivity index (χ1n) is 10.8. The zero-order valence-corrected chi connectivity index (χ0v) is 18.7. The normalized spacial score (nSPS) is 11.1. The summed E-state index contributed by atoms with van der Waals surface area (Å²) in [7, 11) is 0. The number of halogens is 1. The second-order valence-corrected chi connectivity index (χ2v) is 9.00. The van der Waals surface area contributed by atoms with Gasteiger partial charge >= 0.3 is 0 Å². The van der Waals surface area contributed by atoms with Gasteiger partial charge < -0.3 is 0 Å². The lowest BCUT2D eigenvalue weighted by Gasteiger charge is -2.12. The van der Waals surface area contributed by atoms with E-state index in [2.05, 4.69) is 30.3 Å². The molecule has 2 aromatic heterocycles. The van der Waals surface area contributed by atoms with Crippen molar-refractivity contribution in [3.05, 3.63) is 108 Å². The minimum Gasteiger partial charge on any atom is -0.227 e. The molecule has 0 spiro atoms. The van der Waals surface area contributed by atoms with Crippen LogP contribution < -0.4 is 0 Å². The fraction of sp³-hybridized carbons (Fsp3) is 0. The van der Waals surface area contributed by atoms with Crippen LogP contribution in [-0.4, -0.2) is 9.97 Å². The predicted molar refractivity (Wildman–Crippen MR) is 136 cm³/mol. The maximum Gasteiger partial charge on any atom is 0.160 e. The number of benzene rings is 4. The molecule has 0 saturated carbocycles. The van der Waals surface area contributed by atoms with Gasteiger partial charge in [-0.2, -0.15) is 5.26 Å².